The number of carbonyl (C=O) groups excluding carboxylic acids is 2. The number of para-hydroxylation sites is 1. The topological polar surface area (TPSA) is 73.9 Å². The number of esters is 1. The minimum Gasteiger partial charge on any atom is -0.491 e. The van der Waals surface area contributed by atoms with Crippen LogP contribution < -0.4 is 10.1 Å². The van der Waals surface area contributed by atoms with Gasteiger partial charge in [-0.3, -0.25) is 4.79 Å². The van der Waals surface area contributed by atoms with E-state index in [-0.39, 0.29) is 18.5 Å². The summed E-state index contributed by atoms with van der Waals surface area (Å²) in [7, 11) is 0. The van der Waals surface area contributed by atoms with Crippen molar-refractivity contribution in [2.24, 2.45) is 0 Å². The molecule has 0 unspecified atom stereocenters. The van der Waals surface area contributed by atoms with E-state index < -0.39 is 0 Å². The fraction of sp³-hybridized carbons (Fsp3) is 0.238. The van der Waals surface area contributed by atoms with Crippen LogP contribution >= 0.6 is 11.3 Å². The maximum absolute atomic E-state index is 12.0. The lowest BCUT2D eigenvalue weighted by Crippen LogP contribution is -2.20. The molecule has 6 nitrogen and oxygen atoms in total. The Kier molecular flexibility index (Phi) is 7.00. The second-order valence-electron chi connectivity index (χ2n) is 5.85. The van der Waals surface area contributed by atoms with Gasteiger partial charge in [-0.25, -0.2) is 4.79 Å². The smallest absolute Gasteiger partial charge is 0.348 e. The van der Waals surface area contributed by atoms with Crippen LogP contribution in [-0.2, 0) is 14.3 Å². The van der Waals surface area contributed by atoms with Gasteiger partial charge in [0, 0.05) is 10.4 Å². The molecule has 3 rings (SSSR count). The van der Waals surface area contributed by atoms with Crippen molar-refractivity contribution in [3.05, 3.63) is 59.5 Å². The van der Waals surface area contributed by atoms with E-state index in [0.29, 0.717) is 30.4 Å². The van der Waals surface area contributed by atoms with Crippen molar-refractivity contribution in [3.8, 4) is 5.75 Å². The van der Waals surface area contributed by atoms with Crippen molar-refractivity contribution in [2.45, 2.75) is 6.92 Å². The molecule has 0 radical (unpaired) electrons. The molecule has 0 spiro atoms. The zero-order chi connectivity index (χ0) is 19.8. The number of hydrogen-bond donors (Lipinski definition) is 1. The molecule has 146 valence electrons. The Bertz CT molecular complexity index is 938. The molecule has 1 N–H and O–H groups in total. The normalized spacial score (nSPS) is 10.6. The number of fused-ring (bicyclic) bond motifs is 1. The van der Waals surface area contributed by atoms with E-state index in [9.17, 15) is 9.59 Å². The number of thiophene rings is 1. The van der Waals surface area contributed by atoms with Crippen LogP contribution in [0.25, 0.3) is 10.1 Å². The molecule has 0 aliphatic carbocycles. The van der Waals surface area contributed by atoms with Gasteiger partial charge in [-0.1, -0.05) is 18.2 Å². The average molecular weight is 399 g/mol. The summed E-state index contributed by atoms with van der Waals surface area (Å²) >= 11 is 1.36. The van der Waals surface area contributed by atoms with Crippen molar-refractivity contribution in [2.75, 3.05) is 31.7 Å². The van der Waals surface area contributed by atoms with Crippen LogP contribution in [0.3, 0.4) is 0 Å². The van der Waals surface area contributed by atoms with E-state index in [1.165, 1.54) is 11.3 Å². The Morgan fingerprint density at radius 3 is 2.64 bits per heavy atom. The zero-order valence-corrected chi connectivity index (χ0v) is 16.3. The van der Waals surface area contributed by atoms with Crippen LogP contribution in [0.1, 0.15) is 16.6 Å². The number of nitrogens with one attached hydrogen (secondary N) is 1. The van der Waals surface area contributed by atoms with Crippen molar-refractivity contribution in [1.29, 1.82) is 0 Å². The zero-order valence-electron chi connectivity index (χ0n) is 15.5. The molecule has 0 atom stereocenters. The molecule has 0 fully saturated rings. The fourth-order valence-electron chi connectivity index (χ4n) is 2.52. The van der Waals surface area contributed by atoms with E-state index in [1.807, 2.05) is 42.5 Å². The molecule has 28 heavy (non-hydrogen) atoms. The molecule has 1 aromatic heterocycles. The van der Waals surface area contributed by atoms with E-state index in [4.69, 9.17) is 14.2 Å². The number of ether oxygens (including phenoxy) is 3. The summed E-state index contributed by atoms with van der Waals surface area (Å²) in [4.78, 5) is 24.4. The third kappa shape index (κ3) is 5.55. The second kappa shape index (κ2) is 9.87. The number of rotatable bonds is 9. The minimum atomic E-state index is -0.333. The van der Waals surface area contributed by atoms with Crippen molar-refractivity contribution in [3.63, 3.8) is 0 Å². The number of anilines is 1. The molecule has 3 aromatic rings. The lowest BCUT2D eigenvalue weighted by atomic mass is 10.2. The van der Waals surface area contributed by atoms with Crippen LogP contribution in [-0.4, -0.2) is 38.3 Å². The molecular weight excluding hydrogens is 378 g/mol. The lowest BCUT2D eigenvalue weighted by Gasteiger charge is -2.08. The number of carbonyl (C=O) groups is 2. The van der Waals surface area contributed by atoms with Crippen LogP contribution in [0, 0.1) is 0 Å². The average Bonchev–Trinajstić information content (AvgIpc) is 3.12. The van der Waals surface area contributed by atoms with Gasteiger partial charge in [0.15, 0.2) is 0 Å². The first kappa shape index (κ1) is 19.9. The van der Waals surface area contributed by atoms with Crippen LogP contribution in [0.4, 0.5) is 5.69 Å². The SMILES string of the molecule is CCOC(=O)c1cc2cc(NC(=O)COCCOc3ccccc3)ccc2s1. The van der Waals surface area contributed by atoms with Crippen LogP contribution in [0.2, 0.25) is 0 Å². The van der Waals surface area contributed by atoms with Crippen molar-refractivity contribution in [1.82, 2.24) is 0 Å². The summed E-state index contributed by atoms with van der Waals surface area (Å²) in [5, 5.41) is 3.67. The number of hydrogen-bond acceptors (Lipinski definition) is 6. The standard InChI is InChI=1S/C21H21NO5S/c1-2-26-21(24)19-13-15-12-16(8-9-18(15)28-19)22-20(23)14-25-10-11-27-17-6-4-3-5-7-17/h3-9,12-13H,2,10-11,14H2,1H3,(H,22,23). The fourth-order valence-corrected chi connectivity index (χ4v) is 3.46. The van der Waals surface area contributed by atoms with Gasteiger partial charge in [0.05, 0.1) is 13.2 Å². The Labute approximate surface area is 167 Å². The van der Waals surface area contributed by atoms with E-state index in [0.717, 1.165) is 15.8 Å². The molecule has 2 aromatic carbocycles. The van der Waals surface area contributed by atoms with E-state index >= 15 is 0 Å². The molecule has 0 saturated heterocycles. The predicted octanol–water partition coefficient (Wildman–Crippen LogP) is 4.11. The molecule has 1 amide bonds. The molecular formula is C21H21NO5S. The molecule has 0 aliphatic heterocycles. The van der Waals surface area contributed by atoms with Gasteiger partial charge in [0.25, 0.3) is 0 Å². The maximum atomic E-state index is 12.0. The first-order valence-corrected chi connectivity index (χ1v) is 9.73. The van der Waals surface area contributed by atoms with E-state index in [2.05, 4.69) is 5.32 Å². The number of amides is 1. The third-order valence-corrected chi connectivity index (χ3v) is 4.85. The van der Waals surface area contributed by atoms with Crippen LogP contribution in [0.15, 0.2) is 54.6 Å². The third-order valence-electron chi connectivity index (χ3n) is 3.75. The summed E-state index contributed by atoms with van der Waals surface area (Å²) in [5.74, 6) is 0.183. The first-order chi connectivity index (χ1) is 13.7. The molecule has 0 bridgehead atoms. The molecule has 1 heterocycles. The summed E-state index contributed by atoms with van der Waals surface area (Å²) in [6.07, 6.45) is 0. The Balaban J connectivity index is 1.45. The molecule has 7 heteroatoms. The summed E-state index contributed by atoms with van der Waals surface area (Å²) in [6.45, 7) is 2.73. The maximum Gasteiger partial charge on any atom is 0.348 e. The van der Waals surface area contributed by atoms with Crippen molar-refractivity contribution < 1.29 is 23.8 Å². The number of benzene rings is 2. The highest BCUT2D eigenvalue weighted by atomic mass is 32.1. The van der Waals surface area contributed by atoms with Gasteiger partial charge in [0.2, 0.25) is 5.91 Å². The second-order valence-corrected chi connectivity index (χ2v) is 6.93. The first-order valence-electron chi connectivity index (χ1n) is 8.92. The Morgan fingerprint density at radius 1 is 1.04 bits per heavy atom. The summed E-state index contributed by atoms with van der Waals surface area (Å²) in [5.41, 5.74) is 0.648. The summed E-state index contributed by atoms with van der Waals surface area (Å²) < 4.78 is 16.8. The van der Waals surface area contributed by atoms with Gasteiger partial charge >= 0.3 is 5.97 Å². The highest BCUT2D eigenvalue weighted by molar-refractivity contribution is 7.20. The van der Waals surface area contributed by atoms with E-state index in [1.54, 1.807) is 19.1 Å². The van der Waals surface area contributed by atoms with Gasteiger partial charge in [-0.15, -0.1) is 11.3 Å². The highest BCUT2D eigenvalue weighted by Gasteiger charge is 2.12. The Morgan fingerprint density at radius 2 is 1.86 bits per heavy atom. The molecule has 0 aliphatic rings. The Hall–Kier alpha value is -2.90. The monoisotopic (exact) mass is 399 g/mol. The molecule has 0 saturated carbocycles. The van der Waals surface area contributed by atoms with Gasteiger partial charge < -0.3 is 19.5 Å². The quantitative estimate of drug-likeness (QED) is 0.433. The largest absolute Gasteiger partial charge is 0.491 e. The predicted molar refractivity (Wildman–Crippen MR) is 109 cm³/mol. The van der Waals surface area contributed by atoms with Crippen molar-refractivity contribution >= 4 is 39.0 Å². The van der Waals surface area contributed by atoms with Crippen LogP contribution in [0.5, 0.6) is 5.75 Å². The van der Waals surface area contributed by atoms with Gasteiger partial charge in [0.1, 0.15) is 23.8 Å². The highest BCUT2D eigenvalue weighted by Crippen LogP contribution is 2.28. The van der Waals surface area contributed by atoms with Gasteiger partial charge in [-0.2, -0.15) is 0 Å². The lowest BCUT2D eigenvalue weighted by molar-refractivity contribution is -0.120. The minimum absolute atomic E-state index is 0.0616. The summed E-state index contributed by atoms with van der Waals surface area (Å²) in [6, 6.07) is 16.7. The van der Waals surface area contributed by atoms with Gasteiger partial charge in [-0.05, 0) is 48.7 Å².